The molecule has 0 unspecified atom stereocenters. The Morgan fingerprint density at radius 3 is 2.71 bits per heavy atom. The summed E-state index contributed by atoms with van der Waals surface area (Å²) in [5.41, 5.74) is 0.964. The molecule has 0 atom stereocenters. The van der Waals surface area contributed by atoms with Gasteiger partial charge >= 0.3 is 0 Å². The SMILES string of the molecule is C=C1CN=C(c2ccc(OCCCC)cc2)O1. The van der Waals surface area contributed by atoms with Gasteiger partial charge in [-0.05, 0) is 30.7 Å². The molecule has 0 amide bonds. The van der Waals surface area contributed by atoms with Gasteiger partial charge in [-0.1, -0.05) is 19.9 Å². The van der Waals surface area contributed by atoms with Crippen LogP contribution in [0.4, 0.5) is 0 Å². The van der Waals surface area contributed by atoms with Gasteiger partial charge in [0.1, 0.15) is 18.1 Å². The maximum Gasteiger partial charge on any atom is 0.222 e. The molecule has 0 saturated heterocycles. The summed E-state index contributed by atoms with van der Waals surface area (Å²) in [6, 6.07) is 7.80. The van der Waals surface area contributed by atoms with E-state index in [0.29, 0.717) is 18.2 Å². The number of aliphatic imine (C=N–C) groups is 1. The van der Waals surface area contributed by atoms with E-state index in [2.05, 4.69) is 18.5 Å². The van der Waals surface area contributed by atoms with Crippen molar-refractivity contribution in [3.63, 3.8) is 0 Å². The minimum atomic E-state index is 0.560. The van der Waals surface area contributed by atoms with Gasteiger partial charge in [-0.3, -0.25) is 0 Å². The first-order chi connectivity index (χ1) is 8.29. The molecule has 0 saturated carbocycles. The summed E-state index contributed by atoms with van der Waals surface area (Å²) >= 11 is 0. The minimum Gasteiger partial charge on any atom is -0.494 e. The average molecular weight is 231 g/mol. The van der Waals surface area contributed by atoms with Crippen molar-refractivity contribution in [1.82, 2.24) is 0 Å². The van der Waals surface area contributed by atoms with Gasteiger partial charge in [0.05, 0.1) is 6.61 Å². The van der Waals surface area contributed by atoms with E-state index in [1.807, 2.05) is 24.3 Å². The molecule has 0 spiro atoms. The van der Waals surface area contributed by atoms with Crippen molar-refractivity contribution in [2.45, 2.75) is 19.8 Å². The third kappa shape index (κ3) is 3.09. The zero-order valence-corrected chi connectivity index (χ0v) is 10.1. The summed E-state index contributed by atoms with van der Waals surface area (Å²) < 4.78 is 11.0. The van der Waals surface area contributed by atoms with Crippen LogP contribution in [0.25, 0.3) is 0 Å². The smallest absolute Gasteiger partial charge is 0.222 e. The van der Waals surface area contributed by atoms with E-state index in [-0.39, 0.29) is 0 Å². The van der Waals surface area contributed by atoms with Gasteiger partial charge in [0.15, 0.2) is 0 Å². The van der Waals surface area contributed by atoms with Crippen molar-refractivity contribution < 1.29 is 9.47 Å². The number of hydrogen-bond acceptors (Lipinski definition) is 3. The van der Waals surface area contributed by atoms with Gasteiger partial charge in [0.25, 0.3) is 0 Å². The monoisotopic (exact) mass is 231 g/mol. The second kappa shape index (κ2) is 5.53. The normalized spacial score (nSPS) is 14.4. The molecular formula is C14H17NO2. The quantitative estimate of drug-likeness (QED) is 0.729. The lowest BCUT2D eigenvalue weighted by molar-refractivity contribution is 0.309. The second-order valence-electron chi connectivity index (χ2n) is 3.99. The van der Waals surface area contributed by atoms with E-state index in [9.17, 15) is 0 Å². The van der Waals surface area contributed by atoms with Gasteiger partial charge in [-0.15, -0.1) is 0 Å². The van der Waals surface area contributed by atoms with Crippen LogP contribution in [-0.4, -0.2) is 19.0 Å². The summed E-state index contributed by atoms with van der Waals surface area (Å²) in [6.45, 7) is 7.21. The Bertz CT molecular complexity index is 420. The van der Waals surface area contributed by atoms with E-state index in [1.54, 1.807) is 0 Å². The molecule has 2 rings (SSSR count). The van der Waals surface area contributed by atoms with Crippen molar-refractivity contribution >= 4 is 5.90 Å². The first-order valence-electron chi connectivity index (χ1n) is 5.93. The summed E-state index contributed by atoms with van der Waals surface area (Å²) in [7, 11) is 0. The van der Waals surface area contributed by atoms with Crippen molar-refractivity contribution in [3.05, 3.63) is 42.2 Å². The predicted octanol–water partition coefficient (Wildman–Crippen LogP) is 3.16. The molecule has 3 nitrogen and oxygen atoms in total. The molecule has 0 bridgehead atoms. The summed E-state index contributed by atoms with van der Waals surface area (Å²) in [5, 5.41) is 0. The standard InChI is InChI=1S/C14H17NO2/c1-3-4-9-16-13-7-5-12(6-8-13)14-15-10-11(2)17-14/h5-8H,2-4,9-10H2,1H3. The highest BCUT2D eigenvalue weighted by Crippen LogP contribution is 2.17. The number of rotatable bonds is 5. The highest BCUT2D eigenvalue weighted by atomic mass is 16.5. The fourth-order valence-electron chi connectivity index (χ4n) is 1.54. The third-order valence-electron chi connectivity index (χ3n) is 2.51. The Morgan fingerprint density at radius 1 is 1.35 bits per heavy atom. The van der Waals surface area contributed by atoms with E-state index >= 15 is 0 Å². The molecule has 90 valence electrons. The second-order valence-corrected chi connectivity index (χ2v) is 3.99. The molecule has 0 radical (unpaired) electrons. The van der Waals surface area contributed by atoms with E-state index < -0.39 is 0 Å². The minimum absolute atomic E-state index is 0.560. The largest absolute Gasteiger partial charge is 0.494 e. The highest BCUT2D eigenvalue weighted by molar-refractivity contribution is 5.96. The van der Waals surface area contributed by atoms with Crippen molar-refractivity contribution in [2.75, 3.05) is 13.2 Å². The Morgan fingerprint density at radius 2 is 2.12 bits per heavy atom. The lowest BCUT2D eigenvalue weighted by Gasteiger charge is -2.06. The maximum absolute atomic E-state index is 5.59. The summed E-state index contributed by atoms with van der Waals surface area (Å²) in [6.07, 6.45) is 2.22. The molecule has 1 aliphatic heterocycles. The van der Waals surface area contributed by atoms with Crippen LogP contribution in [0.1, 0.15) is 25.3 Å². The first kappa shape index (κ1) is 11.7. The van der Waals surface area contributed by atoms with Crippen LogP contribution in [0, 0.1) is 0 Å². The molecule has 1 aromatic carbocycles. The number of hydrogen-bond donors (Lipinski definition) is 0. The van der Waals surface area contributed by atoms with Gasteiger partial charge < -0.3 is 9.47 Å². The van der Waals surface area contributed by atoms with Gasteiger partial charge in [-0.2, -0.15) is 0 Å². The molecule has 3 heteroatoms. The Kier molecular flexibility index (Phi) is 3.81. The Labute approximate surface area is 102 Å². The molecule has 0 aliphatic carbocycles. The molecule has 1 heterocycles. The summed E-state index contributed by atoms with van der Waals surface area (Å²) in [4.78, 5) is 4.25. The molecule has 0 fully saturated rings. The van der Waals surface area contributed by atoms with Crippen molar-refractivity contribution in [3.8, 4) is 5.75 Å². The Balaban J connectivity index is 1.96. The third-order valence-corrected chi connectivity index (χ3v) is 2.51. The van der Waals surface area contributed by atoms with Crippen LogP contribution in [-0.2, 0) is 4.74 Å². The molecule has 1 aliphatic rings. The molecule has 0 N–H and O–H groups in total. The van der Waals surface area contributed by atoms with Crippen LogP contribution in [0.5, 0.6) is 5.75 Å². The molecular weight excluding hydrogens is 214 g/mol. The van der Waals surface area contributed by atoms with Crippen LogP contribution in [0.2, 0.25) is 0 Å². The number of ether oxygens (including phenoxy) is 2. The highest BCUT2D eigenvalue weighted by Gasteiger charge is 2.13. The van der Waals surface area contributed by atoms with E-state index in [1.165, 1.54) is 0 Å². The first-order valence-corrected chi connectivity index (χ1v) is 5.93. The maximum atomic E-state index is 5.59. The molecule has 0 aromatic heterocycles. The fraction of sp³-hybridized carbons (Fsp3) is 0.357. The zero-order valence-electron chi connectivity index (χ0n) is 10.1. The topological polar surface area (TPSA) is 30.8 Å². The molecule has 1 aromatic rings. The molecule has 17 heavy (non-hydrogen) atoms. The van der Waals surface area contributed by atoms with Crippen molar-refractivity contribution in [1.29, 1.82) is 0 Å². The van der Waals surface area contributed by atoms with Gasteiger partial charge in [0.2, 0.25) is 5.90 Å². The van der Waals surface area contributed by atoms with E-state index in [4.69, 9.17) is 9.47 Å². The van der Waals surface area contributed by atoms with E-state index in [0.717, 1.165) is 30.8 Å². The van der Waals surface area contributed by atoms with Gasteiger partial charge in [-0.25, -0.2) is 4.99 Å². The Hall–Kier alpha value is -1.77. The van der Waals surface area contributed by atoms with Crippen LogP contribution >= 0.6 is 0 Å². The number of nitrogens with zero attached hydrogens (tertiary/aromatic N) is 1. The predicted molar refractivity (Wildman–Crippen MR) is 68.5 cm³/mol. The summed E-state index contributed by atoms with van der Waals surface area (Å²) in [5.74, 6) is 2.23. The average Bonchev–Trinajstić information content (AvgIpc) is 2.77. The van der Waals surface area contributed by atoms with Crippen LogP contribution in [0.15, 0.2) is 41.6 Å². The number of benzene rings is 1. The van der Waals surface area contributed by atoms with Crippen LogP contribution in [0.3, 0.4) is 0 Å². The van der Waals surface area contributed by atoms with Gasteiger partial charge in [0, 0.05) is 5.56 Å². The van der Waals surface area contributed by atoms with Crippen molar-refractivity contribution in [2.24, 2.45) is 4.99 Å². The van der Waals surface area contributed by atoms with Crippen LogP contribution < -0.4 is 4.74 Å². The fourth-order valence-corrected chi connectivity index (χ4v) is 1.54. The number of unbranched alkanes of at least 4 members (excludes halogenated alkanes) is 1. The zero-order chi connectivity index (χ0) is 12.1. The lowest BCUT2D eigenvalue weighted by atomic mass is 10.2. The lowest BCUT2D eigenvalue weighted by Crippen LogP contribution is -2.01.